The second-order valence-electron chi connectivity index (χ2n) is 3.97. The van der Waals surface area contributed by atoms with Crippen LogP contribution in [0.1, 0.15) is 32.1 Å². The van der Waals surface area contributed by atoms with Crippen molar-refractivity contribution >= 4 is 11.9 Å². The number of rotatable bonds is 4. The monoisotopic (exact) mass is 228 g/mol. The van der Waals surface area contributed by atoms with Gasteiger partial charge in [-0.3, -0.25) is 4.79 Å². The van der Waals surface area contributed by atoms with Crippen molar-refractivity contribution in [1.29, 1.82) is 0 Å². The molecule has 0 spiro atoms. The molecule has 0 aliphatic heterocycles. The number of carboxylic acids is 1. The first-order valence-electron chi connectivity index (χ1n) is 5.32. The summed E-state index contributed by atoms with van der Waals surface area (Å²) >= 11 is 0. The Labute approximate surface area is 93.7 Å². The predicted octanol–water partition coefficient (Wildman–Crippen LogP) is 1.07. The molecule has 0 heterocycles. The molecular formula is C11H16O5. The van der Waals surface area contributed by atoms with Crippen molar-refractivity contribution in [3.8, 4) is 0 Å². The van der Waals surface area contributed by atoms with Crippen molar-refractivity contribution < 1.29 is 24.5 Å². The smallest absolute Gasteiger partial charge is 0.336 e. The second kappa shape index (κ2) is 5.65. The fraction of sp³-hybridized carbons (Fsp3) is 0.636. The van der Waals surface area contributed by atoms with Gasteiger partial charge in [0.2, 0.25) is 0 Å². The molecule has 1 saturated carbocycles. The summed E-state index contributed by atoms with van der Waals surface area (Å²) < 4.78 is 4.54. The normalized spacial score (nSPS) is 19.6. The zero-order chi connectivity index (χ0) is 12.0. The Morgan fingerprint density at radius 3 is 2.38 bits per heavy atom. The maximum Gasteiger partial charge on any atom is 0.336 e. The van der Waals surface area contributed by atoms with Gasteiger partial charge in [-0.15, -0.1) is 0 Å². The largest absolute Gasteiger partial charge is 0.481 e. The van der Waals surface area contributed by atoms with Crippen LogP contribution in [0.3, 0.4) is 0 Å². The van der Waals surface area contributed by atoms with Crippen LogP contribution in [0, 0.1) is 5.41 Å². The first-order valence-corrected chi connectivity index (χ1v) is 5.32. The molecular weight excluding hydrogens is 212 g/mol. The molecule has 1 rings (SSSR count). The van der Waals surface area contributed by atoms with Crippen molar-refractivity contribution in [2.45, 2.75) is 32.1 Å². The third-order valence-corrected chi connectivity index (χ3v) is 2.89. The molecule has 1 aliphatic carbocycles. The van der Waals surface area contributed by atoms with E-state index in [9.17, 15) is 14.7 Å². The molecule has 0 bridgehead atoms. The van der Waals surface area contributed by atoms with E-state index >= 15 is 0 Å². The fourth-order valence-corrected chi connectivity index (χ4v) is 1.91. The topological polar surface area (TPSA) is 83.8 Å². The van der Waals surface area contributed by atoms with E-state index in [2.05, 4.69) is 4.74 Å². The Bertz CT molecular complexity index is 289. The molecule has 2 N–H and O–H groups in total. The predicted molar refractivity (Wildman–Crippen MR) is 55.5 cm³/mol. The van der Waals surface area contributed by atoms with E-state index in [0.29, 0.717) is 12.8 Å². The molecule has 5 heteroatoms. The van der Waals surface area contributed by atoms with Crippen LogP contribution in [0.5, 0.6) is 0 Å². The minimum absolute atomic E-state index is 0.565. The van der Waals surface area contributed by atoms with E-state index < -0.39 is 24.0 Å². The van der Waals surface area contributed by atoms with Gasteiger partial charge in [0.15, 0.2) is 0 Å². The van der Waals surface area contributed by atoms with Gasteiger partial charge in [0.05, 0.1) is 11.7 Å². The van der Waals surface area contributed by atoms with Gasteiger partial charge < -0.3 is 14.9 Å². The number of aliphatic hydroxyl groups is 1. The van der Waals surface area contributed by atoms with Crippen molar-refractivity contribution in [2.75, 3.05) is 6.61 Å². The minimum atomic E-state index is -0.909. The van der Waals surface area contributed by atoms with Gasteiger partial charge in [0.1, 0.15) is 6.61 Å². The molecule has 0 atom stereocenters. The summed E-state index contributed by atoms with van der Waals surface area (Å²) in [5, 5.41) is 17.6. The molecule has 0 aromatic carbocycles. The maximum absolute atomic E-state index is 11.2. The highest BCUT2D eigenvalue weighted by Crippen LogP contribution is 2.37. The summed E-state index contributed by atoms with van der Waals surface area (Å²) in [5.41, 5.74) is -0.909. The molecule has 0 amide bonds. The van der Waals surface area contributed by atoms with Gasteiger partial charge >= 0.3 is 11.9 Å². The van der Waals surface area contributed by atoms with E-state index in [-0.39, 0.29) is 0 Å². The maximum atomic E-state index is 11.2. The molecule has 0 aromatic rings. The van der Waals surface area contributed by atoms with Crippen LogP contribution >= 0.6 is 0 Å². The van der Waals surface area contributed by atoms with Crippen molar-refractivity contribution in [2.24, 2.45) is 5.41 Å². The van der Waals surface area contributed by atoms with E-state index in [1.54, 1.807) is 0 Å². The number of carbonyl (C=O) groups excluding carboxylic acids is 1. The zero-order valence-corrected chi connectivity index (χ0v) is 9.02. The highest BCUT2D eigenvalue weighted by Gasteiger charge is 2.37. The van der Waals surface area contributed by atoms with Crippen LogP contribution in [-0.2, 0) is 14.3 Å². The highest BCUT2D eigenvalue weighted by molar-refractivity contribution is 5.77. The lowest BCUT2D eigenvalue weighted by Gasteiger charge is -2.29. The number of carbonyl (C=O) groups is 2. The van der Waals surface area contributed by atoms with Crippen LogP contribution in [-0.4, -0.2) is 28.8 Å². The van der Waals surface area contributed by atoms with Crippen LogP contribution in [0.4, 0.5) is 0 Å². The Hall–Kier alpha value is -1.36. The number of hydrogen-bond acceptors (Lipinski definition) is 4. The molecule has 0 unspecified atom stereocenters. The number of aliphatic hydroxyl groups excluding tert-OH is 1. The summed E-state index contributed by atoms with van der Waals surface area (Å²) in [4.78, 5) is 21.8. The van der Waals surface area contributed by atoms with Gasteiger partial charge in [-0.05, 0) is 18.9 Å². The van der Waals surface area contributed by atoms with E-state index in [1.807, 2.05) is 0 Å². The lowest BCUT2D eigenvalue weighted by Crippen LogP contribution is -2.31. The van der Waals surface area contributed by atoms with Gasteiger partial charge in [-0.1, -0.05) is 19.3 Å². The number of esters is 1. The molecule has 0 saturated heterocycles. The summed E-state index contributed by atoms with van der Waals surface area (Å²) in [6.07, 6.45) is 6.40. The number of hydrogen-bond donors (Lipinski definition) is 2. The second-order valence-corrected chi connectivity index (χ2v) is 3.97. The average molecular weight is 228 g/mol. The van der Waals surface area contributed by atoms with Gasteiger partial charge in [0.25, 0.3) is 0 Å². The lowest BCUT2D eigenvalue weighted by molar-refractivity contribution is -0.148. The highest BCUT2D eigenvalue weighted by atomic mass is 16.5. The van der Waals surface area contributed by atoms with Crippen LogP contribution in [0.15, 0.2) is 12.3 Å². The first kappa shape index (κ1) is 12.7. The molecule has 1 fully saturated rings. The first-order chi connectivity index (χ1) is 7.60. The van der Waals surface area contributed by atoms with Crippen LogP contribution in [0.25, 0.3) is 0 Å². The molecule has 90 valence electrons. The van der Waals surface area contributed by atoms with Crippen LogP contribution in [0.2, 0.25) is 0 Å². The standard InChI is InChI=1S/C11H16O5/c12-8-9(13)16-7-6-11(10(14)15)4-2-1-3-5-11/h6-7,12H,1-5,8H2,(H,14,15). The van der Waals surface area contributed by atoms with Gasteiger partial charge in [-0.2, -0.15) is 0 Å². The minimum Gasteiger partial charge on any atom is -0.481 e. The van der Waals surface area contributed by atoms with Gasteiger partial charge in [0, 0.05) is 0 Å². The van der Waals surface area contributed by atoms with Crippen molar-refractivity contribution in [3.63, 3.8) is 0 Å². The van der Waals surface area contributed by atoms with E-state index in [0.717, 1.165) is 25.5 Å². The summed E-state index contributed by atoms with van der Waals surface area (Å²) in [6, 6.07) is 0. The Morgan fingerprint density at radius 2 is 1.88 bits per heavy atom. The summed E-state index contributed by atoms with van der Waals surface area (Å²) in [7, 11) is 0. The Morgan fingerprint density at radius 1 is 1.25 bits per heavy atom. The van der Waals surface area contributed by atoms with E-state index in [1.165, 1.54) is 6.08 Å². The Balaban J connectivity index is 2.63. The van der Waals surface area contributed by atoms with E-state index in [4.69, 9.17) is 5.11 Å². The number of aliphatic carboxylic acids is 1. The molecule has 0 aromatic heterocycles. The van der Waals surface area contributed by atoms with Gasteiger partial charge in [-0.25, -0.2) is 4.79 Å². The molecule has 5 nitrogen and oxygen atoms in total. The summed E-state index contributed by atoms with van der Waals surface area (Å²) in [5.74, 6) is -1.67. The third kappa shape index (κ3) is 3.06. The number of ether oxygens (including phenoxy) is 1. The Kier molecular flexibility index (Phi) is 4.49. The van der Waals surface area contributed by atoms with Crippen molar-refractivity contribution in [3.05, 3.63) is 12.3 Å². The summed E-state index contributed by atoms with van der Waals surface area (Å²) in [6.45, 7) is -0.704. The average Bonchev–Trinajstić information content (AvgIpc) is 2.30. The lowest BCUT2D eigenvalue weighted by atomic mass is 9.74. The van der Waals surface area contributed by atoms with Crippen LogP contribution < -0.4 is 0 Å². The zero-order valence-electron chi connectivity index (χ0n) is 9.02. The number of carboxylic acid groups (broad SMARTS) is 1. The molecule has 0 radical (unpaired) electrons. The third-order valence-electron chi connectivity index (χ3n) is 2.89. The molecule has 1 aliphatic rings. The quantitative estimate of drug-likeness (QED) is 0.555. The van der Waals surface area contributed by atoms with Crippen molar-refractivity contribution in [1.82, 2.24) is 0 Å². The SMILES string of the molecule is O=C(CO)OC=CC1(C(=O)O)CCCCC1. The molecule has 16 heavy (non-hydrogen) atoms. The fourth-order valence-electron chi connectivity index (χ4n) is 1.91.